The van der Waals surface area contributed by atoms with Gasteiger partial charge >= 0.3 is 0 Å². The van der Waals surface area contributed by atoms with Crippen LogP contribution in [0.15, 0.2) is 72.8 Å². The molecule has 5 aliphatic heterocycles. The number of nitrogens with one attached hydrogen (secondary N) is 4. The van der Waals surface area contributed by atoms with Crippen LogP contribution in [0.2, 0.25) is 10.0 Å². The molecule has 7 atom stereocenters. The number of hydrogen-bond donors (Lipinski definition) is 4. The lowest BCUT2D eigenvalue weighted by Crippen LogP contribution is -2.52. The minimum Gasteiger partial charge on any atom is -0.494 e. The van der Waals surface area contributed by atoms with Crippen LogP contribution >= 0.6 is 23.2 Å². The van der Waals surface area contributed by atoms with E-state index in [1.807, 2.05) is 42.5 Å². The summed E-state index contributed by atoms with van der Waals surface area (Å²) < 4.78 is 22.4. The number of fused-ring (bicyclic) bond motifs is 3. The second-order valence-corrected chi connectivity index (χ2v) is 23.1. The number of piperidine rings is 2. The summed E-state index contributed by atoms with van der Waals surface area (Å²) in [6.07, 6.45) is 6.97. The molecule has 0 radical (unpaired) electrons. The van der Waals surface area contributed by atoms with Gasteiger partial charge < -0.3 is 30.5 Å². The van der Waals surface area contributed by atoms with E-state index in [4.69, 9.17) is 27.9 Å². The molecule has 364 valence electrons. The maximum atomic E-state index is 16.4. The van der Waals surface area contributed by atoms with Gasteiger partial charge in [0.2, 0.25) is 17.7 Å². The molecule has 5 fully saturated rings. The summed E-state index contributed by atoms with van der Waals surface area (Å²) in [5.74, 6) is 6.73. The van der Waals surface area contributed by atoms with E-state index in [9.17, 15) is 19.2 Å². The maximum absolute atomic E-state index is 16.4. The minimum atomic E-state index is -0.818. The van der Waals surface area contributed by atoms with Crippen molar-refractivity contribution >= 4 is 63.9 Å². The van der Waals surface area contributed by atoms with Crippen LogP contribution in [0.5, 0.6) is 5.75 Å². The van der Waals surface area contributed by atoms with Crippen LogP contribution in [-0.4, -0.2) is 73.4 Å². The van der Waals surface area contributed by atoms with Gasteiger partial charge in [-0.1, -0.05) is 80.1 Å². The van der Waals surface area contributed by atoms with Crippen molar-refractivity contribution in [2.45, 2.75) is 108 Å². The Morgan fingerprint density at radius 2 is 1.84 bits per heavy atom. The Morgan fingerprint density at radius 1 is 1.03 bits per heavy atom. The molecule has 1 unspecified atom stereocenters. The third-order valence-electron chi connectivity index (χ3n) is 16.6. The number of anilines is 3. The Morgan fingerprint density at radius 3 is 2.63 bits per heavy atom. The molecule has 2 aliphatic carbocycles. The number of amides is 4. The van der Waals surface area contributed by atoms with Crippen molar-refractivity contribution in [3.63, 3.8) is 0 Å². The van der Waals surface area contributed by atoms with E-state index in [0.29, 0.717) is 64.9 Å². The highest BCUT2D eigenvalue weighted by Crippen LogP contribution is 2.61. The molecule has 0 aromatic heterocycles. The van der Waals surface area contributed by atoms with Crippen LogP contribution in [0, 0.1) is 46.2 Å². The third kappa shape index (κ3) is 8.19. The van der Waals surface area contributed by atoms with E-state index < -0.39 is 35.1 Å². The van der Waals surface area contributed by atoms with Crippen LogP contribution in [-0.2, 0) is 26.3 Å². The topological polar surface area (TPSA) is 132 Å². The van der Waals surface area contributed by atoms with Crippen molar-refractivity contribution in [1.82, 2.24) is 15.5 Å². The lowest BCUT2D eigenvalue weighted by atomic mass is 9.57. The molecule has 7 aliphatic rings. The summed E-state index contributed by atoms with van der Waals surface area (Å²) in [4.78, 5) is 56.6. The van der Waals surface area contributed by atoms with Gasteiger partial charge in [-0.25, -0.2) is 4.39 Å². The summed E-state index contributed by atoms with van der Waals surface area (Å²) >= 11 is 13.0. The molecule has 3 saturated heterocycles. The van der Waals surface area contributed by atoms with E-state index in [2.05, 4.69) is 64.8 Å². The zero-order valence-electron chi connectivity index (χ0n) is 40.0. The first-order valence-electron chi connectivity index (χ1n) is 24.8. The summed E-state index contributed by atoms with van der Waals surface area (Å²) in [5, 5.41) is 13.5. The number of ether oxygens (including phenoxy) is 1. The van der Waals surface area contributed by atoms with E-state index >= 15 is 4.39 Å². The van der Waals surface area contributed by atoms with Crippen LogP contribution in [0.25, 0.3) is 0 Å². The maximum Gasteiger partial charge on any atom is 0.255 e. The van der Waals surface area contributed by atoms with E-state index in [1.54, 1.807) is 36.3 Å². The van der Waals surface area contributed by atoms with Crippen molar-refractivity contribution in [3.05, 3.63) is 116 Å². The number of halogens is 3. The van der Waals surface area contributed by atoms with Gasteiger partial charge in [-0.3, -0.25) is 24.5 Å². The fourth-order valence-electron chi connectivity index (χ4n) is 13.3. The molecular weight excluding hydrogens is 927 g/mol. The lowest BCUT2D eigenvalue weighted by Gasteiger charge is -2.54. The SMILES string of the molecule is COc1cc(N2CCCC3(CC([C@@H]4C[C@@H]4C#Cc4cccc5c4CN(C4CCC(=O)NC4=O)C5=O)C3)C2)ccc1NC(=O)[C@@H]1N[C@@H](CC(C)(C)C)[C@@]2(CNc3cc(Cl)ccc32)[C@H]1c1cccc(Cl)c1F. The van der Waals surface area contributed by atoms with Crippen molar-refractivity contribution < 1.29 is 28.3 Å². The Hall–Kier alpha value is -5.61. The molecule has 14 heteroatoms. The highest BCUT2D eigenvalue weighted by Gasteiger charge is 2.62. The molecule has 11 nitrogen and oxygen atoms in total. The van der Waals surface area contributed by atoms with Gasteiger partial charge in [-0.15, -0.1) is 0 Å². The van der Waals surface area contributed by atoms with Crippen LogP contribution < -0.4 is 30.9 Å². The largest absolute Gasteiger partial charge is 0.494 e. The monoisotopic (exact) mass is 984 g/mol. The standard InChI is InChI=1S/C56H59Cl2FN6O5/c1-54(2,3)27-46-56(29-60-43-23-34(57)14-16-40(43)56)48(37-10-6-11-41(58)49(37)59)50(62-46)52(68)61-42-17-15-35(24-45(42)70-4)64-21-7-20-55(30-64)25-33(26-55)38-22-32(38)13-12-31-8-5-9-36-39(31)28-65(53(36)69)44-18-19-47(66)63-51(44)67/h5-6,8-11,14-17,23-24,32-33,38,44,46,48,50,60,62H,7,18-22,25-30H2,1-4H3,(H,61,68)(H,63,66,67)/t32-,33?,38+,44?,46-,48-,50+,55?,56-/m0/s1. The molecule has 70 heavy (non-hydrogen) atoms. The first-order chi connectivity index (χ1) is 33.5. The third-order valence-corrected chi connectivity index (χ3v) is 17.2. The predicted molar refractivity (Wildman–Crippen MR) is 270 cm³/mol. The van der Waals surface area contributed by atoms with Gasteiger partial charge in [0.25, 0.3) is 5.91 Å². The highest BCUT2D eigenvalue weighted by molar-refractivity contribution is 6.31. The summed E-state index contributed by atoms with van der Waals surface area (Å²) in [6, 6.07) is 20.8. The molecular formula is C56H59Cl2FN6O5. The Kier molecular flexibility index (Phi) is 11.8. The number of hydrogen-bond acceptors (Lipinski definition) is 8. The molecule has 4 aromatic rings. The zero-order valence-corrected chi connectivity index (χ0v) is 41.5. The number of benzene rings is 4. The smallest absolute Gasteiger partial charge is 0.255 e. The summed E-state index contributed by atoms with van der Waals surface area (Å²) in [6.45, 7) is 9.23. The molecule has 5 heterocycles. The highest BCUT2D eigenvalue weighted by atomic mass is 35.5. The van der Waals surface area contributed by atoms with Crippen LogP contribution in [0.1, 0.15) is 111 Å². The minimum absolute atomic E-state index is 0.0134. The molecule has 0 bridgehead atoms. The number of carbonyl (C=O) groups is 4. The van der Waals surface area contributed by atoms with E-state index in [1.165, 1.54) is 19.3 Å². The molecule has 4 aromatic carbocycles. The molecule has 2 spiro atoms. The molecule has 11 rings (SSSR count). The second-order valence-electron chi connectivity index (χ2n) is 22.2. The summed E-state index contributed by atoms with van der Waals surface area (Å²) in [5.41, 5.74) is 5.56. The fraction of sp³-hybridized carbons (Fsp3) is 0.464. The van der Waals surface area contributed by atoms with Crippen LogP contribution in [0.3, 0.4) is 0 Å². The lowest BCUT2D eigenvalue weighted by molar-refractivity contribution is -0.137. The van der Waals surface area contributed by atoms with Gasteiger partial charge in [-0.2, -0.15) is 0 Å². The number of carbonyl (C=O) groups excluding carboxylic acids is 4. The van der Waals surface area contributed by atoms with E-state index in [-0.39, 0.29) is 46.0 Å². The average Bonchev–Trinajstić information content (AvgIpc) is 3.73. The number of methoxy groups -OCH3 is 1. The Balaban J connectivity index is 0.769. The average molecular weight is 986 g/mol. The number of rotatable bonds is 8. The number of imide groups is 1. The zero-order chi connectivity index (χ0) is 48.9. The van der Waals surface area contributed by atoms with Crippen molar-refractivity contribution in [3.8, 4) is 17.6 Å². The first kappa shape index (κ1) is 46.8. The van der Waals surface area contributed by atoms with E-state index in [0.717, 1.165) is 60.4 Å². The Bertz CT molecular complexity index is 2900. The van der Waals surface area contributed by atoms with Crippen molar-refractivity contribution in [2.24, 2.45) is 28.6 Å². The number of nitrogens with zero attached hydrogens (tertiary/aromatic N) is 2. The normalized spacial score (nSPS) is 29.8. The van der Waals surface area contributed by atoms with Gasteiger partial charge in [0.05, 0.1) is 23.9 Å². The van der Waals surface area contributed by atoms with Gasteiger partial charge in [0.15, 0.2) is 0 Å². The predicted octanol–water partition coefficient (Wildman–Crippen LogP) is 9.45. The van der Waals surface area contributed by atoms with Crippen molar-refractivity contribution in [1.29, 1.82) is 0 Å². The van der Waals surface area contributed by atoms with Gasteiger partial charge in [0.1, 0.15) is 17.6 Å². The van der Waals surface area contributed by atoms with Gasteiger partial charge in [-0.05, 0) is 127 Å². The van der Waals surface area contributed by atoms with Crippen LogP contribution in [0.4, 0.5) is 21.5 Å². The first-order valence-corrected chi connectivity index (χ1v) is 25.6. The molecule has 2 saturated carbocycles. The van der Waals surface area contributed by atoms with Gasteiger partial charge in [0, 0.05) is 89.5 Å². The quantitative estimate of drug-likeness (QED) is 0.102. The molecule has 4 N–H and O–H groups in total. The summed E-state index contributed by atoms with van der Waals surface area (Å²) in [7, 11) is 1.62. The Labute approximate surface area is 418 Å². The molecule has 4 amide bonds. The second kappa shape index (κ2) is 17.6. The van der Waals surface area contributed by atoms with Crippen molar-refractivity contribution in [2.75, 3.05) is 42.3 Å². The fourth-order valence-corrected chi connectivity index (χ4v) is 13.7.